The van der Waals surface area contributed by atoms with Crippen LogP contribution in [0.3, 0.4) is 0 Å². The predicted molar refractivity (Wildman–Crippen MR) is 120 cm³/mol. The van der Waals surface area contributed by atoms with Gasteiger partial charge in [-0.1, -0.05) is 50.4 Å². The first-order valence-corrected chi connectivity index (χ1v) is 11.3. The van der Waals surface area contributed by atoms with E-state index >= 15 is 0 Å². The number of unbranched alkanes of at least 4 members (excludes halogenated alkanes) is 4. The molecule has 0 bridgehead atoms. The molecule has 7 heteroatoms. The molecule has 6 nitrogen and oxygen atoms in total. The van der Waals surface area contributed by atoms with Gasteiger partial charge in [-0.3, -0.25) is 4.79 Å². The Morgan fingerprint density at radius 2 is 1.93 bits per heavy atom. The van der Waals surface area contributed by atoms with Gasteiger partial charge in [-0.05, 0) is 37.6 Å². The minimum atomic E-state index is -0.0755. The Labute approximate surface area is 178 Å². The molecule has 0 spiro atoms. The maximum Gasteiger partial charge on any atom is 0.234 e. The fourth-order valence-corrected chi connectivity index (χ4v) is 3.70. The molecule has 0 aliphatic heterocycles. The first-order valence-electron chi connectivity index (χ1n) is 10.4. The molecule has 158 valence electrons. The van der Waals surface area contributed by atoms with E-state index in [0.717, 1.165) is 35.3 Å². The second-order valence-corrected chi connectivity index (χ2v) is 7.70. The van der Waals surface area contributed by atoms with E-state index in [4.69, 9.17) is 4.74 Å². The quantitative estimate of drug-likeness (QED) is 0.263. The zero-order chi connectivity index (χ0) is 20.9. The summed E-state index contributed by atoms with van der Waals surface area (Å²) in [4.78, 5) is 12.3. The lowest BCUT2D eigenvalue weighted by Crippen LogP contribution is -2.14. The van der Waals surface area contributed by atoms with Crippen molar-refractivity contribution in [1.29, 1.82) is 0 Å². The SMILES string of the molecule is C=CCn1c(CCCCCCC)nnc1SCC(=O)Nc1ccc(OCC)cc1. The van der Waals surface area contributed by atoms with Gasteiger partial charge < -0.3 is 14.6 Å². The highest BCUT2D eigenvalue weighted by Crippen LogP contribution is 2.20. The number of hydrogen-bond acceptors (Lipinski definition) is 5. The second-order valence-electron chi connectivity index (χ2n) is 6.76. The van der Waals surface area contributed by atoms with Crippen molar-refractivity contribution in [2.45, 2.75) is 64.1 Å². The molecule has 1 aromatic heterocycles. The molecule has 2 aromatic rings. The zero-order valence-electron chi connectivity index (χ0n) is 17.5. The number of nitrogens with one attached hydrogen (secondary N) is 1. The maximum absolute atomic E-state index is 12.3. The Kier molecular flexibility index (Phi) is 10.3. The van der Waals surface area contributed by atoms with Crippen molar-refractivity contribution in [2.75, 3.05) is 17.7 Å². The van der Waals surface area contributed by atoms with Crippen LogP contribution in [0.25, 0.3) is 0 Å². The molecule has 29 heavy (non-hydrogen) atoms. The molecule has 0 aliphatic carbocycles. The highest BCUT2D eigenvalue weighted by molar-refractivity contribution is 7.99. The Hall–Kier alpha value is -2.28. The van der Waals surface area contributed by atoms with Gasteiger partial charge in [0.15, 0.2) is 5.16 Å². The third-order valence-corrected chi connectivity index (χ3v) is 5.36. The lowest BCUT2D eigenvalue weighted by molar-refractivity contribution is -0.113. The predicted octanol–water partition coefficient (Wildman–Crippen LogP) is 5.11. The van der Waals surface area contributed by atoms with Crippen LogP contribution in [0, 0.1) is 0 Å². The molecule has 1 N–H and O–H groups in total. The number of thioether (sulfide) groups is 1. The second kappa shape index (κ2) is 13.0. The highest BCUT2D eigenvalue weighted by atomic mass is 32.2. The van der Waals surface area contributed by atoms with E-state index in [1.54, 1.807) is 0 Å². The van der Waals surface area contributed by atoms with Gasteiger partial charge in [-0.25, -0.2) is 0 Å². The molecule has 0 saturated carbocycles. The van der Waals surface area contributed by atoms with Gasteiger partial charge in [-0.15, -0.1) is 16.8 Å². The largest absolute Gasteiger partial charge is 0.494 e. The maximum atomic E-state index is 12.3. The van der Waals surface area contributed by atoms with Crippen molar-refractivity contribution in [2.24, 2.45) is 0 Å². The minimum Gasteiger partial charge on any atom is -0.494 e. The number of ether oxygens (including phenoxy) is 1. The molecule has 1 heterocycles. The summed E-state index contributed by atoms with van der Waals surface area (Å²) in [7, 11) is 0. The van der Waals surface area contributed by atoms with Gasteiger partial charge in [0, 0.05) is 18.7 Å². The van der Waals surface area contributed by atoms with Gasteiger partial charge in [0.05, 0.1) is 12.4 Å². The number of benzene rings is 1. The van der Waals surface area contributed by atoms with Crippen LogP contribution in [0.5, 0.6) is 5.75 Å². The van der Waals surface area contributed by atoms with E-state index in [1.807, 2.05) is 37.3 Å². The molecular formula is C22H32N4O2S. The Morgan fingerprint density at radius 1 is 1.17 bits per heavy atom. The zero-order valence-corrected chi connectivity index (χ0v) is 18.3. The summed E-state index contributed by atoms with van der Waals surface area (Å²) in [5.74, 6) is 1.96. The van der Waals surface area contributed by atoms with Crippen molar-refractivity contribution >= 4 is 23.4 Å². The first kappa shape index (κ1) is 23.0. The summed E-state index contributed by atoms with van der Waals surface area (Å²) < 4.78 is 7.47. The fraction of sp³-hybridized carbons (Fsp3) is 0.500. The van der Waals surface area contributed by atoms with Gasteiger partial charge in [-0.2, -0.15) is 0 Å². The van der Waals surface area contributed by atoms with Gasteiger partial charge in [0.2, 0.25) is 5.91 Å². The molecule has 0 atom stereocenters. The lowest BCUT2D eigenvalue weighted by atomic mass is 10.1. The summed E-state index contributed by atoms with van der Waals surface area (Å²) in [6, 6.07) is 7.37. The number of anilines is 1. The van der Waals surface area contributed by atoms with Crippen molar-refractivity contribution in [3.8, 4) is 5.75 Å². The normalized spacial score (nSPS) is 10.7. The summed E-state index contributed by atoms with van der Waals surface area (Å²) >= 11 is 1.40. The van der Waals surface area contributed by atoms with Crippen molar-refractivity contribution in [3.63, 3.8) is 0 Å². The molecule has 0 unspecified atom stereocenters. The van der Waals surface area contributed by atoms with Crippen LogP contribution in [-0.2, 0) is 17.8 Å². The summed E-state index contributed by atoms with van der Waals surface area (Å²) in [5.41, 5.74) is 0.749. The van der Waals surface area contributed by atoms with Gasteiger partial charge in [0.1, 0.15) is 11.6 Å². The number of nitrogens with zero attached hydrogens (tertiary/aromatic N) is 3. The van der Waals surface area contributed by atoms with E-state index in [2.05, 4.69) is 33.6 Å². The Balaban J connectivity index is 1.86. The van der Waals surface area contributed by atoms with Crippen molar-refractivity contribution < 1.29 is 9.53 Å². The van der Waals surface area contributed by atoms with Crippen LogP contribution in [0.2, 0.25) is 0 Å². The first-order chi connectivity index (χ1) is 14.2. The standard InChI is InChI=1S/C22H32N4O2S/c1-4-7-8-9-10-11-20-24-25-22(26(20)16-5-2)29-17-21(27)23-18-12-14-19(15-13-18)28-6-3/h5,12-15H,2,4,6-11,16-17H2,1,3H3,(H,23,27). The molecule has 0 radical (unpaired) electrons. The summed E-state index contributed by atoms with van der Waals surface area (Å²) in [6.45, 7) is 9.27. The Morgan fingerprint density at radius 3 is 2.62 bits per heavy atom. The molecule has 0 fully saturated rings. The minimum absolute atomic E-state index is 0.0755. The van der Waals surface area contributed by atoms with Crippen molar-refractivity contribution in [1.82, 2.24) is 14.8 Å². The summed E-state index contributed by atoms with van der Waals surface area (Å²) in [6.07, 6.45) is 8.85. The smallest absolute Gasteiger partial charge is 0.234 e. The molecule has 2 rings (SSSR count). The topological polar surface area (TPSA) is 69.0 Å². The van der Waals surface area contributed by atoms with Crippen LogP contribution >= 0.6 is 11.8 Å². The fourth-order valence-electron chi connectivity index (χ4n) is 2.94. The van der Waals surface area contributed by atoms with E-state index < -0.39 is 0 Å². The van der Waals surface area contributed by atoms with Crippen LogP contribution in [-0.4, -0.2) is 33.0 Å². The molecule has 0 aliphatic rings. The average Bonchev–Trinajstić information content (AvgIpc) is 3.10. The van der Waals surface area contributed by atoms with E-state index in [1.165, 1.54) is 37.4 Å². The number of carbonyl (C=O) groups excluding carboxylic acids is 1. The molecule has 0 saturated heterocycles. The van der Waals surface area contributed by atoms with E-state index in [-0.39, 0.29) is 11.7 Å². The number of rotatable bonds is 14. The molecule has 1 amide bonds. The van der Waals surface area contributed by atoms with Crippen LogP contribution in [0.4, 0.5) is 5.69 Å². The van der Waals surface area contributed by atoms with Crippen LogP contribution in [0.1, 0.15) is 51.8 Å². The third-order valence-electron chi connectivity index (χ3n) is 4.39. The third kappa shape index (κ3) is 7.93. The number of allylic oxidation sites excluding steroid dienone is 1. The monoisotopic (exact) mass is 416 g/mol. The van der Waals surface area contributed by atoms with E-state index in [9.17, 15) is 4.79 Å². The van der Waals surface area contributed by atoms with Gasteiger partial charge >= 0.3 is 0 Å². The van der Waals surface area contributed by atoms with Crippen molar-refractivity contribution in [3.05, 3.63) is 42.7 Å². The number of aromatic nitrogens is 3. The number of amides is 1. The van der Waals surface area contributed by atoms with Crippen LogP contribution < -0.4 is 10.1 Å². The number of carbonyl (C=O) groups is 1. The summed E-state index contributed by atoms with van der Waals surface area (Å²) in [5, 5.41) is 12.3. The van der Waals surface area contributed by atoms with Crippen LogP contribution in [0.15, 0.2) is 42.1 Å². The lowest BCUT2D eigenvalue weighted by Gasteiger charge is -2.09. The average molecular weight is 417 g/mol. The highest BCUT2D eigenvalue weighted by Gasteiger charge is 2.13. The molecular weight excluding hydrogens is 384 g/mol. The molecule has 1 aromatic carbocycles. The number of aryl methyl sites for hydroxylation is 1. The Bertz CT molecular complexity index is 759. The van der Waals surface area contributed by atoms with Gasteiger partial charge in [0.25, 0.3) is 0 Å². The van der Waals surface area contributed by atoms with E-state index in [0.29, 0.717) is 13.2 Å². The number of hydrogen-bond donors (Lipinski definition) is 1.